The molecule has 0 aromatic heterocycles. The fourth-order valence-electron chi connectivity index (χ4n) is 9.59. The molecule has 5 heteroatoms. The minimum absolute atomic E-state index is 0.000497. The number of esters is 1. The molecule has 3 N–H and O–H groups in total. The summed E-state index contributed by atoms with van der Waals surface area (Å²) in [5.74, 6) is 0.368. The maximum atomic E-state index is 12.3. The average molecular weight is 419 g/mol. The Kier molecular flexibility index (Phi) is 4.27. The number of ether oxygens (including phenoxy) is 1. The smallest absolute Gasteiger partial charge is 0.339 e. The molecule has 0 aromatic rings. The quantitative estimate of drug-likeness (QED) is 0.524. The zero-order chi connectivity index (χ0) is 21.9. The van der Waals surface area contributed by atoms with Crippen LogP contribution in [-0.2, 0) is 9.53 Å². The zero-order valence-electron chi connectivity index (χ0n) is 19.1. The predicted molar refractivity (Wildman–Crippen MR) is 112 cm³/mol. The van der Waals surface area contributed by atoms with Gasteiger partial charge in [-0.25, -0.2) is 4.79 Å². The molecule has 1 heterocycles. The molecule has 0 spiro atoms. The van der Waals surface area contributed by atoms with Crippen LogP contribution in [0.2, 0.25) is 0 Å². The van der Waals surface area contributed by atoms with Crippen LogP contribution in [0.15, 0.2) is 11.1 Å². The molecule has 30 heavy (non-hydrogen) atoms. The topological polar surface area (TPSA) is 87.0 Å². The van der Waals surface area contributed by atoms with E-state index in [-0.39, 0.29) is 22.3 Å². The minimum Gasteiger partial charge on any atom is -0.428 e. The van der Waals surface area contributed by atoms with Crippen molar-refractivity contribution in [1.82, 2.24) is 0 Å². The maximum Gasteiger partial charge on any atom is 0.339 e. The number of hydrogen-bond donors (Lipinski definition) is 3. The van der Waals surface area contributed by atoms with E-state index < -0.39 is 29.9 Å². The third kappa shape index (κ3) is 2.32. The predicted octanol–water partition coefficient (Wildman–Crippen LogP) is 3.56. The van der Waals surface area contributed by atoms with Gasteiger partial charge < -0.3 is 20.1 Å². The Hall–Kier alpha value is -0.910. The van der Waals surface area contributed by atoms with Gasteiger partial charge in [-0.15, -0.1) is 0 Å². The number of rotatable bonds is 0. The van der Waals surface area contributed by atoms with Crippen molar-refractivity contribution < 1.29 is 24.9 Å². The molecule has 0 radical (unpaired) electrons. The van der Waals surface area contributed by atoms with Crippen LogP contribution in [0, 0.1) is 39.4 Å². The van der Waals surface area contributed by atoms with Crippen LogP contribution >= 0.6 is 0 Å². The highest BCUT2D eigenvalue weighted by atomic mass is 16.6. The molecule has 0 unspecified atom stereocenters. The first-order chi connectivity index (χ1) is 13.9. The lowest BCUT2D eigenvalue weighted by Gasteiger charge is -2.70. The van der Waals surface area contributed by atoms with E-state index in [1.165, 1.54) is 25.7 Å². The van der Waals surface area contributed by atoms with Gasteiger partial charge >= 0.3 is 5.97 Å². The Morgan fingerprint density at radius 3 is 2.23 bits per heavy atom. The van der Waals surface area contributed by atoms with Crippen LogP contribution in [-0.4, -0.2) is 39.8 Å². The van der Waals surface area contributed by atoms with E-state index >= 15 is 0 Å². The summed E-state index contributed by atoms with van der Waals surface area (Å²) in [4.78, 5) is 12.3. The highest BCUT2D eigenvalue weighted by Gasteiger charge is 2.69. The molecule has 5 rings (SSSR count). The van der Waals surface area contributed by atoms with Crippen molar-refractivity contribution in [3.05, 3.63) is 11.1 Å². The molecule has 168 valence electrons. The van der Waals surface area contributed by atoms with Crippen LogP contribution in [0.1, 0.15) is 79.6 Å². The Bertz CT molecular complexity index is 816. The second kappa shape index (κ2) is 6.11. The third-order valence-corrected chi connectivity index (χ3v) is 10.9. The molecule has 3 saturated carbocycles. The van der Waals surface area contributed by atoms with Gasteiger partial charge in [-0.3, -0.25) is 0 Å². The van der Waals surface area contributed by atoms with Crippen LogP contribution in [0.5, 0.6) is 0 Å². The number of hydrogen-bond acceptors (Lipinski definition) is 5. The number of aliphatic hydroxyl groups excluding tert-OH is 3. The molecule has 0 aromatic carbocycles. The van der Waals surface area contributed by atoms with Crippen LogP contribution in [0.25, 0.3) is 0 Å². The number of carbonyl (C=O) groups is 1. The standard InChI is InChI=1S/C25H38O5/c1-22(2)8-6-9-23(3)14(22)7-10-24(4)15(23)12-17(27)25(5)16(24)11-13(26)18-19(25)21(29)30-20(18)28/h13-17,21,26-27,29H,6-12H2,1-5H3/t13-,14-,15+,16-,17+,21+,23-,24+,25+/m0/s1. The Labute approximate surface area is 179 Å². The van der Waals surface area contributed by atoms with E-state index in [1.807, 2.05) is 6.92 Å². The van der Waals surface area contributed by atoms with Crippen LogP contribution in [0.3, 0.4) is 0 Å². The van der Waals surface area contributed by atoms with Crippen molar-refractivity contribution in [1.29, 1.82) is 0 Å². The normalized spacial score (nSPS) is 54.6. The van der Waals surface area contributed by atoms with Crippen molar-refractivity contribution in [3.63, 3.8) is 0 Å². The second-order valence-electron chi connectivity index (χ2n) is 12.4. The van der Waals surface area contributed by atoms with Gasteiger partial charge in [0.1, 0.15) is 0 Å². The second-order valence-corrected chi connectivity index (χ2v) is 12.4. The Morgan fingerprint density at radius 2 is 1.53 bits per heavy atom. The summed E-state index contributed by atoms with van der Waals surface area (Å²) < 4.78 is 5.11. The Balaban J connectivity index is 1.63. The van der Waals surface area contributed by atoms with Crippen molar-refractivity contribution >= 4 is 5.97 Å². The summed E-state index contributed by atoms with van der Waals surface area (Å²) in [6.07, 6.45) is 4.09. The lowest BCUT2D eigenvalue weighted by Crippen LogP contribution is -2.66. The average Bonchev–Trinajstić information content (AvgIpc) is 2.95. The number of carbonyl (C=O) groups excluding carboxylic acids is 1. The number of cyclic esters (lactones) is 1. The van der Waals surface area contributed by atoms with Gasteiger partial charge in [0.05, 0.1) is 17.8 Å². The lowest BCUT2D eigenvalue weighted by atomic mass is 9.35. The number of aliphatic hydroxyl groups is 3. The summed E-state index contributed by atoms with van der Waals surface area (Å²) in [6.45, 7) is 11.6. The fraction of sp³-hybridized carbons (Fsp3) is 0.880. The van der Waals surface area contributed by atoms with Crippen LogP contribution in [0.4, 0.5) is 0 Å². The van der Waals surface area contributed by atoms with Gasteiger partial charge in [-0.1, -0.05) is 41.0 Å². The Morgan fingerprint density at radius 1 is 0.867 bits per heavy atom. The molecular formula is C25H38O5. The first-order valence-electron chi connectivity index (χ1n) is 11.9. The summed E-state index contributed by atoms with van der Waals surface area (Å²) >= 11 is 0. The molecule has 0 bridgehead atoms. The summed E-state index contributed by atoms with van der Waals surface area (Å²) in [5.41, 5.74) is 0.304. The van der Waals surface area contributed by atoms with Crippen molar-refractivity contribution in [3.8, 4) is 0 Å². The molecular weight excluding hydrogens is 380 g/mol. The molecule has 0 saturated heterocycles. The first kappa shape index (κ1) is 21.0. The third-order valence-electron chi connectivity index (χ3n) is 10.9. The molecule has 3 fully saturated rings. The van der Waals surface area contributed by atoms with Gasteiger partial charge in [0.15, 0.2) is 0 Å². The van der Waals surface area contributed by atoms with E-state index in [4.69, 9.17) is 4.74 Å². The summed E-state index contributed by atoms with van der Waals surface area (Å²) in [6, 6.07) is 0. The van der Waals surface area contributed by atoms with Crippen LogP contribution < -0.4 is 0 Å². The SMILES string of the molecule is CC1(C)CCC[C@]2(C)[C@H]3C[C@@H](O)[C@]4(C)C5=C(C(=O)O[C@H]5O)[C@@H](O)C[C@H]4[C@]3(C)CC[C@@H]12. The van der Waals surface area contributed by atoms with E-state index in [9.17, 15) is 20.1 Å². The molecule has 9 atom stereocenters. The summed E-state index contributed by atoms with van der Waals surface area (Å²) in [7, 11) is 0. The van der Waals surface area contributed by atoms with E-state index in [2.05, 4.69) is 27.7 Å². The monoisotopic (exact) mass is 418 g/mol. The van der Waals surface area contributed by atoms with E-state index in [1.54, 1.807) is 0 Å². The van der Waals surface area contributed by atoms with Gasteiger partial charge in [-0.2, -0.15) is 0 Å². The molecule has 0 amide bonds. The molecule has 4 aliphatic carbocycles. The van der Waals surface area contributed by atoms with Gasteiger partial charge in [0.25, 0.3) is 0 Å². The summed E-state index contributed by atoms with van der Waals surface area (Å²) in [5, 5.41) is 33.1. The van der Waals surface area contributed by atoms with E-state index in [0.29, 0.717) is 35.7 Å². The lowest BCUT2D eigenvalue weighted by molar-refractivity contribution is -0.225. The fourth-order valence-corrected chi connectivity index (χ4v) is 9.59. The number of fused-ring (bicyclic) bond motifs is 6. The largest absolute Gasteiger partial charge is 0.428 e. The first-order valence-corrected chi connectivity index (χ1v) is 11.9. The highest BCUT2D eigenvalue weighted by Crippen LogP contribution is 2.73. The van der Waals surface area contributed by atoms with Gasteiger partial charge in [0.2, 0.25) is 6.29 Å². The molecule has 5 nitrogen and oxygen atoms in total. The maximum absolute atomic E-state index is 12.3. The van der Waals surface area contributed by atoms with E-state index in [0.717, 1.165) is 6.42 Å². The minimum atomic E-state index is -1.36. The van der Waals surface area contributed by atoms with Gasteiger partial charge in [0, 0.05) is 11.0 Å². The van der Waals surface area contributed by atoms with Crippen molar-refractivity contribution in [2.45, 2.75) is 98.1 Å². The van der Waals surface area contributed by atoms with Crippen molar-refractivity contribution in [2.24, 2.45) is 39.4 Å². The highest BCUT2D eigenvalue weighted by molar-refractivity contribution is 5.94. The molecule has 1 aliphatic heterocycles. The zero-order valence-corrected chi connectivity index (χ0v) is 19.1. The van der Waals surface area contributed by atoms with Crippen molar-refractivity contribution in [2.75, 3.05) is 0 Å². The van der Waals surface area contributed by atoms with Gasteiger partial charge in [-0.05, 0) is 72.5 Å². The molecule has 5 aliphatic rings.